The molecule has 0 amide bonds. The second-order valence-electron chi connectivity index (χ2n) is 4.34. The van der Waals surface area contributed by atoms with Crippen molar-refractivity contribution in [3.8, 4) is 11.3 Å². The molecule has 2 rings (SSSR count). The molecule has 3 nitrogen and oxygen atoms in total. The summed E-state index contributed by atoms with van der Waals surface area (Å²) in [6.45, 7) is 4.11. The summed E-state index contributed by atoms with van der Waals surface area (Å²) in [5.74, 6) is -0.636. The van der Waals surface area contributed by atoms with E-state index in [2.05, 4.69) is 18.8 Å². The van der Waals surface area contributed by atoms with E-state index in [0.717, 1.165) is 16.8 Å². The lowest BCUT2D eigenvalue weighted by Gasteiger charge is -2.06. The Hall–Kier alpha value is -2.03. The Morgan fingerprint density at radius 1 is 1.24 bits per heavy atom. The minimum Gasteiger partial charge on any atom is -0.477 e. The Balaban J connectivity index is 2.56. The third kappa shape index (κ3) is 2.23. The Kier molecular flexibility index (Phi) is 3.00. The van der Waals surface area contributed by atoms with Crippen molar-refractivity contribution in [3.63, 3.8) is 0 Å². The fourth-order valence-electron chi connectivity index (χ4n) is 1.88. The first kappa shape index (κ1) is 11.5. The molecule has 2 aromatic rings. The number of rotatable bonds is 3. The molecule has 0 spiro atoms. The highest BCUT2D eigenvalue weighted by Gasteiger charge is 2.15. The maximum atomic E-state index is 11.0. The molecular weight excluding hydrogens is 214 g/mol. The number of carboxylic acids is 1. The molecule has 0 atom stereocenters. The van der Waals surface area contributed by atoms with Crippen LogP contribution in [0.15, 0.2) is 36.4 Å². The van der Waals surface area contributed by atoms with Crippen LogP contribution in [-0.2, 0) is 0 Å². The third-order valence-corrected chi connectivity index (χ3v) is 2.76. The van der Waals surface area contributed by atoms with Gasteiger partial charge in [0.1, 0.15) is 5.69 Å². The Morgan fingerprint density at radius 2 is 1.88 bits per heavy atom. The van der Waals surface area contributed by atoms with Gasteiger partial charge in [0.2, 0.25) is 0 Å². The van der Waals surface area contributed by atoms with E-state index in [1.54, 1.807) is 6.07 Å². The number of carboxylic acid groups (broad SMARTS) is 1. The van der Waals surface area contributed by atoms with Crippen molar-refractivity contribution in [3.05, 3.63) is 47.7 Å². The molecule has 1 heterocycles. The van der Waals surface area contributed by atoms with E-state index in [0.29, 0.717) is 0 Å². The van der Waals surface area contributed by atoms with Crippen LogP contribution in [0.25, 0.3) is 11.3 Å². The maximum Gasteiger partial charge on any atom is 0.352 e. The molecule has 0 radical (unpaired) electrons. The fourth-order valence-corrected chi connectivity index (χ4v) is 1.88. The van der Waals surface area contributed by atoms with Crippen LogP contribution in [0.2, 0.25) is 0 Å². The van der Waals surface area contributed by atoms with Crippen molar-refractivity contribution < 1.29 is 9.90 Å². The number of hydrogen-bond acceptors (Lipinski definition) is 1. The van der Waals surface area contributed by atoms with Gasteiger partial charge >= 0.3 is 5.97 Å². The van der Waals surface area contributed by atoms with Gasteiger partial charge in [0.25, 0.3) is 0 Å². The largest absolute Gasteiger partial charge is 0.477 e. The number of aromatic carboxylic acids is 1. The average Bonchev–Trinajstić information content (AvgIpc) is 2.75. The Bertz CT molecular complexity index is 526. The average molecular weight is 229 g/mol. The van der Waals surface area contributed by atoms with Gasteiger partial charge in [-0.1, -0.05) is 44.2 Å². The highest BCUT2D eigenvalue weighted by Crippen LogP contribution is 2.29. The summed E-state index contributed by atoms with van der Waals surface area (Å²) in [5.41, 5.74) is 3.20. The van der Waals surface area contributed by atoms with Gasteiger partial charge in [-0.3, -0.25) is 0 Å². The van der Waals surface area contributed by atoms with Gasteiger partial charge in [-0.15, -0.1) is 0 Å². The van der Waals surface area contributed by atoms with Crippen molar-refractivity contribution in [2.45, 2.75) is 19.8 Å². The van der Waals surface area contributed by atoms with Gasteiger partial charge in [-0.25, -0.2) is 4.79 Å². The molecule has 0 unspecified atom stereocenters. The number of aromatic amines is 1. The van der Waals surface area contributed by atoms with Crippen molar-refractivity contribution in [1.29, 1.82) is 0 Å². The molecule has 1 aromatic heterocycles. The van der Waals surface area contributed by atoms with Crippen LogP contribution in [0.3, 0.4) is 0 Å². The smallest absolute Gasteiger partial charge is 0.352 e. The first-order valence-corrected chi connectivity index (χ1v) is 5.61. The predicted octanol–water partition coefficient (Wildman–Crippen LogP) is 3.50. The molecule has 88 valence electrons. The molecule has 17 heavy (non-hydrogen) atoms. The summed E-state index contributed by atoms with van der Waals surface area (Å²) in [6.07, 6.45) is 0. The van der Waals surface area contributed by atoms with Crippen LogP contribution < -0.4 is 0 Å². The third-order valence-electron chi connectivity index (χ3n) is 2.76. The summed E-state index contributed by atoms with van der Waals surface area (Å²) in [6, 6.07) is 11.5. The van der Waals surface area contributed by atoms with Crippen LogP contribution >= 0.6 is 0 Å². The van der Waals surface area contributed by atoms with Crippen molar-refractivity contribution in [1.82, 2.24) is 4.98 Å². The molecule has 0 saturated heterocycles. The second kappa shape index (κ2) is 4.45. The highest BCUT2D eigenvalue weighted by atomic mass is 16.4. The number of aromatic nitrogens is 1. The van der Waals surface area contributed by atoms with Gasteiger partial charge in [0.05, 0.1) is 0 Å². The first-order valence-electron chi connectivity index (χ1n) is 5.61. The summed E-state index contributed by atoms with van der Waals surface area (Å²) < 4.78 is 0. The minimum absolute atomic E-state index is 0.243. The first-order chi connectivity index (χ1) is 8.09. The quantitative estimate of drug-likeness (QED) is 0.846. The topological polar surface area (TPSA) is 53.1 Å². The van der Waals surface area contributed by atoms with Crippen LogP contribution in [-0.4, -0.2) is 16.1 Å². The number of carbonyl (C=O) groups is 1. The number of hydrogen-bond donors (Lipinski definition) is 2. The van der Waals surface area contributed by atoms with E-state index in [1.165, 1.54) is 0 Å². The lowest BCUT2D eigenvalue weighted by atomic mass is 9.99. The molecule has 0 saturated carbocycles. The number of benzene rings is 1. The zero-order valence-corrected chi connectivity index (χ0v) is 9.90. The lowest BCUT2D eigenvalue weighted by molar-refractivity contribution is 0.0691. The van der Waals surface area contributed by atoms with Gasteiger partial charge in [-0.05, 0) is 23.1 Å². The summed E-state index contributed by atoms with van der Waals surface area (Å²) >= 11 is 0. The monoisotopic (exact) mass is 229 g/mol. The van der Waals surface area contributed by atoms with Crippen LogP contribution in [0.4, 0.5) is 0 Å². The SMILES string of the molecule is CC(C)c1cc(C(=O)O)[nH]c1-c1ccccc1. The highest BCUT2D eigenvalue weighted by molar-refractivity contribution is 5.87. The molecule has 0 bridgehead atoms. The van der Waals surface area contributed by atoms with Crippen molar-refractivity contribution in [2.24, 2.45) is 0 Å². The number of nitrogens with one attached hydrogen (secondary N) is 1. The van der Waals surface area contributed by atoms with Crippen LogP contribution in [0.5, 0.6) is 0 Å². The zero-order chi connectivity index (χ0) is 12.4. The summed E-state index contributed by atoms with van der Waals surface area (Å²) in [4.78, 5) is 14.0. The van der Waals surface area contributed by atoms with E-state index < -0.39 is 5.97 Å². The van der Waals surface area contributed by atoms with Gasteiger partial charge in [0.15, 0.2) is 0 Å². The van der Waals surface area contributed by atoms with E-state index in [9.17, 15) is 4.79 Å². The summed E-state index contributed by atoms with van der Waals surface area (Å²) in [5, 5.41) is 9.02. The molecule has 2 N–H and O–H groups in total. The minimum atomic E-state index is -0.922. The molecule has 0 aliphatic heterocycles. The predicted molar refractivity (Wildman–Crippen MR) is 67.3 cm³/mol. The van der Waals surface area contributed by atoms with Crippen molar-refractivity contribution >= 4 is 5.97 Å². The Morgan fingerprint density at radius 3 is 2.41 bits per heavy atom. The normalized spacial score (nSPS) is 10.8. The maximum absolute atomic E-state index is 11.0. The Labute approximate surface area is 100 Å². The van der Waals surface area contributed by atoms with Crippen molar-refractivity contribution in [2.75, 3.05) is 0 Å². The van der Waals surface area contributed by atoms with Crippen LogP contribution in [0, 0.1) is 0 Å². The molecule has 0 aliphatic rings. The van der Waals surface area contributed by atoms with E-state index in [1.807, 2.05) is 30.3 Å². The van der Waals surface area contributed by atoms with E-state index in [4.69, 9.17) is 5.11 Å². The molecule has 1 aromatic carbocycles. The summed E-state index contributed by atoms with van der Waals surface area (Å²) in [7, 11) is 0. The second-order valence-corrected chi connectivity index (χ2v) is 4.34. The number of H-pyrrole nitrogens is 1. The van der Waals surface area contributed by atoms with E-state index in [-0.39, 0.29) is 11.6 Å². The van der Waals surface area contributed by atoms with Gasteiger partial charge in [-0.2, -0.15) is 0 Å². The molecular formula is C14H15NO2. The molecule has 0 fully saturated rings. The van der Waals surface area contributed by atoms with E-state index >= 15 is 0 Å². The molecule has 3 heteroatoms. The lowest BCUT2D eigenvalue weighted by Crippen LogP contribution is -1.95. The van der Waals surface area contributed by atoms with Gasteiger partial charge in [0, 0.05) is 5.69 Å². The fraction of sp³-hybridized carbons (Fsp3) is 0.214. The van der Waals surface area contributed by atoms with Gasteiger partial charge < -0.3 is 10.1 Å². The standard InChI is InChI=1S/C14H15NO2/c1-9(2)11-8-12(14(16)17)15-13(11)10-6-4-3-5-7-10/h3-9,15H,1-2H3,(H,16,17). The zero-order valence-electron chi connectivity index (χ0n) is 9.90. The van der Waals surface area contributed by atoms with Crippen LogP contribution in [0.1, 0.15) is 35.8 Å². The molecule has 0 aliphatic carbocycles.